The van der Waals surface area contributed by atoms with E-state index in [0.29, 0.717) is 6.61 Å². The first-order valence-corrected chi connectivity index (χ1v) is 10.3. The molecule has 1 unspecified atom stereocenters. The molecule has 0 aliphatic carbocycles. The van der Waals surface area contributed by atoms with Crippen LogP contribution in [-0.4, -0.2) is 52.3 Å². The van der Waals surface area contributed by atoms with Crippen molar-refractivity contribution in [3.05, 3.63) is 28.8 Å². The quantitative estimate of drug-likeness (QED) is 0.641. The van der Waals surface area contributed by atoms with E-state index in [1.807, 2.05) is 0 Å². The van der Waals surface area contributed by atoms with E-state index >= 15 is 0 Å². The summed E-state index contributed by atoms with van der Waals surface area (Å²) in [5.74, 6) is -1.55. The zero-order valence-corrected chi connectivity index (χ0v) is 16.6. The maximum atomic E-state index is 12.5. The van der Waals surface area contributed by atoms with Gasteiger partial charge in [-0.25, -0.2) is 22.7 Å². The minimum absolute atomic E-state index is 0.0365. The molecule has 150 valence electrons. The van der Waals surface area contributed by atoms with Gasteiger partial charge in [-0.1, -0.05) is 11.6 Å². The topological polar surface area (TPSA) is 108 Å². The molecule has 8 nitrogen and oxygen atoms in total. The molecule has 2 rings (SSSR count). The van der Waals surface area contributed by atoms with E-state index < -0.39 is 28.6 Å². The van der Waals surface area contributed by atoms with Crippen LogP contribution in [0, 0.1) is 0 Å². The van der Waals surface area contributed by atoms with Gasteiger partial charge in [0.1, 0.15) is 4.90 Å². The van der Waals surface area contributed by atoms with Crippen LogP contribution < -0.4 is 4.72 Å². The molecule has 1 aromatic carbocycles. The van der Waals surface area contributed by atoms with Crippen molar-refractivity contribution in [2.45, 2.75) is 43.8 Å². The van der Waals surface area contributed by atoms with E-state index in [4.69, 9.17) is 25.8 Å². The van der Waals surface area contributed by atoms with Gasteiger partial charge in [0.2, 0.25) is 10.0 Å². The molecule has 1 aliphatic rings. The summed E-state index contributed by atoms with van der Waals surface area (Å²) in [5.41, 5.74) is -0.0470. The molecule has 1 N–H and O–H groups in total. The molecule has 0 radical (unpaired) electrons. The van der Waals surface area contributed by atoms with E-state index in [9.17, 15) is 18.0 Å². The minimum atomic E-state index is -3.94. The number of halogens is 1. The zero-order valence-electron chi connectivity index (χ0n) is 15.1. The van der Waals surface area contributed by atoms with Crippen LogP contribution in [0.3, 0.4) is 0 Å². The normalized spacial score (nSPS) is 17.1. The Balaban J connectivity index is 2.05. The molecule has 1 aliphatic heterocycles. The van der Waals surface area contributed by atoms with Crippen molar-refractivity contribution in [3.63, 3.8) is 0 Å². The highest BCUT2D eigenvalue weighted by Gasteiger charge is 2.24. The minimum Gasteiger partial charge on any atom is -0.460 e. The Morgan fingerprint density at radius 2 is 2.11 bits per heavy atom. The van der Waals surface area contributed by atoms with Crippen LogP contribution in [-0.2, 0) is 29.0 Å². The number of benzene rings is 1. The van der Waals surface area contributed by atoms with E-state index in [1.54, 1.807) is 13.8 Å². The molecule has 0 bridgehead atoms. The first kappa shape index (κ1) is 21.6. The second-order valence-corrected chi connectivity index (χ2v) is 8.39. The van der Waals surface area contributed by atoms with E-state index in [2.05, 4.69) is 4.72 Å². The van der Waals surface area contributed by atoms with Crippen molar-refractivity contribution in [1.82, 2.24) is 4.72 Å². The van der Waals surface area contributed by atoms with Gasteiger partial charge in [0.25, 0.3) is 0 Å². The fourth-order valence-electron chi connectivity index (χ4n) is 2.43. The summed E-state index contributed by atoms with van der Waals surface area (Å²) < 4.78 is 42.5. The lowest BCUT2D eigenvalue weighted by atomic mass is 10.2. The highest BCUT2D eigenvalue weighted by atomic mass is 35.5. The highest BCUT2D eigenvalue weighted by molar-refractivity contribution is 7.89. The second-order valence-electron chi connectivity index (χ2n) is 6.25. The lowest BCUT2D eigenvalue weighted by Crippen LogP contribution is -2.32. The Kier molecular flexibility index (Phi) is 7.60. The van der Waals surface area contributed by atoms with Gasteiger partial charge in [-0.2, -0.15) is 0 Å². The molecule has 0 aromatic heterocycles. The summed E-state index contributed by atoms with van der Waals surface area (Å²) in [6.07, 6.45) is 1.14. The Bertz CT molecular complexity index is 788. The predicted octanol–water partition coefficient (Wildman–Crippen LogP) is 1.91. The number of nitrogens with one attached hydrogen (secondary N) is 1. The molecule has 1 heterocycles. The first-order valence-electron chi connectivity index (χ1n) is 8.46. The molecular formula is C17H22ClNO7S. The summed E-state index contributed by atoms with van der Waals surface area (Å²) in [4.78, 5) is 23.3. The summed E-state index contributed by atoms with van der Waals surface area (Å²) in [7, 11) is -3.94. The smallest absolute Gasteiger partial charge is 0.344 e. The van der Waals surface area contributed by atoms with Crippen LogP contribution in [0.25, 0.3) is 0 Å². The summed E-state index contributed by atoms with van der Waals surface area (Å²) in [6, 6.07) is 3.71. The maximum Gasteiger partial charge on any atom is 0.344 e. The van der Waals surface area contributed by atoms with Crippen molar-refractivity contribution in [1.29, 1.82) is 0 Å². The van der Waals surface area contributed by atoms with Gasteiger partial charge in [0.05, 0.1) is 22.8 Å². The van der Waals surface area contributed by atoms with E-state index in [-0.39, 0.29) is 34.2 Å². The van der Waals surface area contributed by atoms with Gasteiger partial charge in [-0.3, -0.25) is 0 Å². The Morgan fingerprint density at radius 3 is 2.74 bits per heavy atom. The average molecular weight is 420 g/mol. The van der Waals surface area contributed by atoms with Crippen LogP contribution in [0.15, 0.2) is 23.1 Å². The van der Waals surface area contributed by atoms with Crippen LogP contribution >= 0.6 is 11.6 Å². The number of esters is 2. The molecule has 0 spiro atoms. The molecule has 1 aromatic rings. The Hall–Kier alpha value is -1.68. The molecule has 0 amide bonds. The number of ether oxygens (including phenoxy) is 3. The van der Waals surface area contributed by atoms with Gasteiger partial charge >= 0.3 is 11.9 Å². The molecule has 1 atom stereocenters. The molecular weight excluding hydrogens is 398 g/mol. The predicted molar refractivity (Wildman–Crippen MR) is 97.1 cm³/mol. The van der Waals surface area contributed by atoms with E-state index in [0.717, 1.165) is 18.9 Å². The first-order chi connectivity index (χ1) is 12.7. The molecule has 1 saturated heterocycles. The largest absolute Gasteiger partial charge is 0.460 e. The third kappa shape index (κ3) is 6.46. The van der Waals surface area contributed by atoms with Crippen molar-refractivity contribution >= 4 is 33.6 Å². The van der Waals surface area contributed by atoms with Crippen LogP contribution in [0.5, 0.6) is 0 Å². The standard InChI is InChI=1S/C17H22ClNO7S/c1-11(2)26-16(20)10-25-17(21)12-5-6-14(18)15(8-12)27(22,23)19-9-13-4-3-7-24-13/h5-6,8,11,13,19H,3-4,7,9-10H2,1-2H3. The molecule has 27 heavy (non-hydrogen) atoms. The second kappa shape index (κ2) is 9.50. The van der Waals surface area contributed by atoms with Gasteiger partial charge in [0, 0.05) is 13.2 Å². The summed E-state index contributed by atoms with van der Waals surface area (Å²) in [6.45, 7) is 3.49. The van der Waals surface area contributed by atoms with Crippen molar-refractivity contribution in [2.24, 2.45) is 0 Å². The fourth-order valence-corrected chi connectivity index (χ4v) is 4.02. The number of hydrogen-bond donors (Lipinski definition) is 1. The highest BCUT2D eigenvalue weighted by Crippen LogP contribution is 2.23. The van der Waals surface area contributed by atoms with Gasteiger partial charge < -0.3 is 14.2 Å². The number of carbonyl (C=O) groups is 2. The molecule has 1 fully saturated rings. The lowest BCUT2D eigenvalue weighted by molar-refractivity contribution is -0.150. The van der Waals surface area contributed by atoms with Crippen molar-refractivity contribution < 1.29 is 32.2 Å². The molecule has 10 heteroatoms. The van der Waals surface area contributed by atoms with Crippen molar-refractivity contribution in [2.75, 3.05) is 19.8 Å². The summed E-state index contributed by atoms with van der Waals surface area (Å²) >= 11 is 5.99. The number of carbonyl (C=O) groups excluding carboxylic acids is 2. The van der Waals surface area contributed by atoms with Crippen LogP contribution in [0.1, 0.15) is 37.0 Å². The van der Waals surface area contributed by atoms with Crippen molar-refractivity contribution in [3.8, 4) is 0 Å². The Morgan fingerprint density at radius 1 is 1.37 bits per heavy atom. The Labute approximate surface area is 163 Å². The lowest BCUT2D eigenvalue weighted by Gasteiger charge is -2.13. The van der Waals surface area contributed by atoms with Gasteiger partial charge in [0.15, 0.2) is 6.61 Å². The maximum absolute atomic E-state index is 12.5. The fraction of sp³-hybridized carbons (Fsp3) is 0.529. The van der Waals surface area contributed by atoms with Gasteiger partial charge in [-0.15, -0.1) is 0 Å². The van der Waals surface area contributed by atoms with Gasteiger partial charge in [-0.05, 0) is 44.9 Å². The number of hydrogen-bond acceptors (Lipinski definition) is 7. The zero-order chi connectivity index (χ0) is 20.0. The SMILES string of the molecule is CC(C)OC(=O)COC(=O)c1ccc(Cl)c(S(=O)(=O)NCC2CCCO2)c1. The third-order valence-electron chi connectivity index (χ3n) is 3.67. The number of sulfonamides is 1. The van der Waals surface area contributed by atoms with Crippen LogP contribution in [0.2, 0.25) is 5.02 Å². The van der Waals surface area contributed by atoms with E-state index in [1.165, 1.54) is 12.1 Å². The monoisotopic (exact) mass is 419 g/mol. The van der Waals surface area contributed by atoms with Crippen LogP contribution in [0.4, 0.5) is 0 Å². The third-order valence-corrected chi connectivity index (χ3v) is 5.57. The number of rotatable bonds is 8. The summed E-state index contributed by atoms with van der Waals surface area (Å²) in [5, 5.41) is -0.0365. The molecule has 0 saturated carbocycles. The average Bonchev–Trinajstić information content (AvgIpc) is 3.11.